The molecule has 0 fully saturated rings. The van der Waals surface area contributed by atoms with Gasteiger partial charge in [-0.3, -0.25) is 9.88 Å². The summed E-state index contributed by atoms with van der Waals surface area (Å²) in [6.07, 6.45) is 3.18. The molecular formula is C25H35N3O4. The normalized spacial score (nSPS) is 12.5. The lowest BCUT2D eigenvalue weighted by Gasteiger charge is -2.31. The number of carbonyl (C=O) groups excluding carboxylic acids is 2. The maximum absolute atomic E-state index is 12.4. The van der Waals surface area contributed by atoms with Crippen molar-refractivity contribution in [2.24, 2.45) is 5.92 Å². The maximum Gasteiger partial charge on any atom is 0.407 e. The predicted octanol–water partition coefficient (Wildman–Crippen LogP) is 4.42. The molecule has 1 amide bonds. The van der Waals surface area contributed by atoms with Gasteiger partial charge in [-0.1, -0.05) is 32.0 Å². The van der Waals surface area contributed by atoms with Gasteiger partial charge in [0.1, 0.15) is 5.60 Å². The molecule has 1 N–H and O–H groups in total. The number of aromatic nitrogens is 1. The van der Waals surface area contributed by atoms with Crippen LogP contribution in [-0.4, -0.2) is 47.2 Å². The quantitative estimate of drug-likeness (QED) is 0.580. The largest absolute Gasteiger partial charge is 0.465 e. The smallest absolute Gasteiger partial charge is 0.407 e. The molecule has 0 aliphatic carbocycles. The first-order valence-corrected chi connectivity index (χ1v) is 10.9. The lowest BCUT2D eigenvalue weighted by molar-refractivity contribution is 0.0470. The van der Waals surface area contributed by atoms with Crippen molar-refractivity contribution in [3.8, 4) is 0 Å². The molecular weight excluding hydrogens is 406 g/mol. The molecule has 0 unspecified atom stereocenters. The molecule has 2 rings (SSSR count). The van der Waals surface area contributed by atoms with E-state index in [1.165, 1.54) is 7.11 Å². The summed E-state index contributed by atoms with van der Waals surface area (Å²) in [7, 11) is 1.37. The second kappa shape index (κ2) is 11.6. The van der Waals surface area contributed by atoms with Gasteiger partial charge in [-0.2, -0.15) is 0 Å². The van der Waals surface area contributed by atoms with Crippen LogP contribution in [0, 0.1) is 5.92 Å². The molecule has 174 valence electrons. The van der Waals surface area contributed by atoms with Gasteiger partial charge in [0.25, 0.3) is 0 Å². The first kappa shape index (κ1) is 25.3. The molecule has 2 aromatic rings. The third-order valence-electron chi connectivity index (χ3n) is 4.87. The maximum atomic E-state index is 12.4. The fourth-order valence-electron chi connectivity index (χ4n) is 3.22. The van der Waals surface area contributed by atoms with E-state index in [1.54, 1.807) is 18.3 Å². The molecule has 7 heteroatoms. The molecule has 0 saturated heterocycles. The number of esters is 1. The third-order valence-corrected chi connectivity index (χ3v) is 4.87. The molecule has 32 heavy (non-hydrogen) atoms. The highest BCUT2D eigenvalue weighted by Crippen LogP contribution is 2.15. The second-order valence-corrected chi connectivity index (χ2v) is 9.22. The van der Waals surface area contributed by atoms with E-state index >= 15 is 0 Å². The minimum atomic E-state index is -0.553. The number of nitrogens with zero attached hydrogens (tertiary/aromatic N) is 2. The van der Waals surface area contributed by atoms with Crippen molar-refractivity contribution in [1.29, 1.82) is 0 Å². The van der Waals surface area contributed by atoms with E-state index in [-0.39, 0.29) is 17.9 Å². The van der Waals surface area contributed by atoms with Crippen molar-refractivity contribution in [2.75, 3.05) is 13.7 Å². The Kier molecular flexibility index (Phi) is 9.20. The average Bonchev–Trinajstić information content (AvgIpc) is 2.72. The number of pyridine rings is 1. The average molecular weight is 442 g/mol. The first-order valence-electron chi connectivity index (χ1n) is 10.9. The Morgan fingerprint density at radius 2 is 1.72 bits per heavy atom. The van der Waals surface area contributed by atoms with Crippen molar-refractivity contribution >= 4 is 12.1 Å². The summed E-state index contributed by atoms with van der Waals surface area (Å²) >= 11 is 0. The first-order chi connectivity index (χ1) is 15.1. The number of carbonyl (C=O) groups is 2. The molecule has 0 aliphatic rings. The number of rotatable bonds is 9. The van der Waals surface area contributed by atoms with E-state index in [4.69, 9.17) is 9.47 Å². The Morgan fingerprint density at radius 3 is 2.25 bits per heavy atom. The molecule has 0 spiro atoms. The highest BCUT2D eigenvalue weighted by Gasteiger charge is 2.24. The van der Waals surface area contributed by atoms with Crippen molar-refractivity contribution in [1.82, 2.24) is 15.2 Å². The standard InChI is InChI=1S/C25H35N3O4/c1-18(2)22(27-24(30)32-25(3,4)5)17-28(16-20-8-7-13-26-14-20)15-19-9-11-21(12-10-19)23(29)31-6/h7-14,18,22H,15-17H2,1-6H3,(H,27,30)/t22-/m1/s1. The molecule has 0 aliphatic heterocycles. The van der Waals surface area contributed by atoms with Gasteiger partial charge in [0, 0.05) is 38.1 Å². The SMILES string of the molecule is COC(=O)c1ccc(CN(Cc2cccnc2)C[C@@H](NC(=O)OC(C)(C)C)C(C)C)cc1. The van der Waals surface area contributed by atoms with E-state index < -0.39 is 11.7 Å². The minimum absolute atomic E-state index is 0.101. The van der Waals surface area contributed by atoms with Crippen molar-refractivity contribution in [2.45, 2.75) is 59.4 Å². The topological polar surface area (TPSA) is 80.8 Å². The molecule has 1 heterocycles. The van der Waals surface area contributed by atoms with Gasteiger partial charge in [0.15, 0.2) is 0 Å². The monoisotopic (exact) mass is 441 g/mol. The zero-order valence-electron chi connectivity index (χ0n) is 19.9. The van der Waals surface area contributed by atoms with Gasteiger partial charge in [-0.05, 0) is 56.0 Å². The Balaban J connectivity index is 2.17. The van der Waals surface area contributed by atoms with Crippen LogP contribution in [0.3, 0.4) is 0 Å². The number of hydrogen-bond donors (Lipinski definition) is 1. The fourth-order valence-corrected chi connectivity index (χ4v) is 3.22. The Labute approximate surface area is 191 Å². The van der Waals surface area contributed by atoms with Gasteiger partial charge in [-0.25, -0.2) is 9.59 Å². The van der Waals surface area contributed by atoms with E-state index in [0.29, 0.717) is 25.2 Å². The van der Waals surface area contributed by atoms with Crippen LogP contribution in [0.2, 0.25) is 0 Å². The summed E-state index contributed by atoms with van der Waals surface area (Å²) in [5.74, 6) is -0.147. The van der Waals surface area contributed by atoms with Crippen LogP contribution in [0.1, 0.15) is 56.1 Å². The van der Waals surface area contributed by atoms with Crippen LogP contribution in [0.15, 0.2) is 48.8 Å². The van der Waals surface area contributed by atoms with Crippen LogP contribution in [0.5, 0.6) is 0 Å². The van der Waals surface area contributed by atoms with E-state index in [2.05, 4.69) is 29.0 Å². The van der Waals surface area contributed by atoms with E-state index in [9.17, 15) is 9.59 Å². The summed E-state index contributed by atoms with van der Waals surface area (Å²) in [5, 5.41) is 3.03. The highest BCUT2D eigenvalue weighted by molar-refractivity contribution is 5.89. The Bertz CT molecular complexity index is 861. The molecule has 0 bridgehead atoms. The summed E-state index contributed by atoms with van der Waals surface area (Å²) in [6, 6.07) is 11.2. The van der Waals surface area contributed by atoms with Crippen LogP contribution in [-0.2, 0) is 22.6 Å². The summed E-state index contributed by atoms with van der Waals surface area (Å²) in [5.41, 5.74) is 2.10. The lowest BCUT2D eigenvalue weighted by Crippen LogP contribution is -2.48. The molecule has 1 aromatic heterocycles. The van der Waals surface area contributed by atoms with Crippen molar-refractivity contribution < 1.29 is 19.1 Å². The summed E-state index contributed by atoms with van der Waals surface area (Å²) < 4.78 is 10.2. The minimum Gasteiger partial charge on any atom is -0.465 e. The molecule has 0 radical (unpaired) electrons. The summed E-state index contributed by atoms with van der Waals surface area (Å²) in [6.45, 7) is 11.7. The van der Waals surface area contributed by atoms with Crippen molar-refractivity contribution in [3.05, 3.63) is 65.5 Å². The second-order valence-electron chi connectivity index (χ2n) is 9.22. The number of methoxy groups -OCH3 is 1. The number of amides is 1. The van der Waals surface area contributed by atoms with Crippen LogP contribution in [0.4, 0.5) is 4.79 Å². The zero-order valence-corrected chi connectivity index (χ0v) is 19.9. The van der Waals surface area contributed by atoms with Gasteiger partial charge < -0.3 is 14.8 Å². The van der Waals surface area contributed by atoms with Crippen LogP contribution in [0.25, 0.3) is 0 Å². The van der Waals surface area contributed by atoms with Crippen LogP contribution < -0.4 is 5.32 Å². The van der Waals surface area contributed by atoms with E-state index in [0.717, 1.165) is 11.1 Å². The highest BCUT2D eigenvalue weighted by atomic mass is 16.6. The number of nitrogens with one attached hydrogen (secondary N) is 1. The number of alkyl carbamates (subject to hydrolysis) is 1. The fraction of sp³-hybridized carbons (Fsp3) is 0.480. The van der Waals surface area contributed by atoms with Gasteiger partial charge in [-0.15, -0.1) is 0 Å². The van der Waals surface area contributed by atoms with Gasteiger partial charge in [0.05, 0.1) is 12.7 Å². The Morgan fingerprint density at radius 1 is 1.06 bits per heavy atom. The number of hydrogen-bond acceptors (Lipinski definition) is 6. The van der Waals surface area contributed by atoms with E-state index in [1.807, 2.05) is 51.2 Å². The lowest BCUT2D eigenvalue weighted by atomic mass is 10.0. The zero-order chi connectivity index (χ0) is 23.7. The molecule has 1 aromatic carbocycles. The number of ether oxygens (including phenoxy) is 2. The van der Waals surface area contributed by atoms with Crippen molar-refractivity contribution in [3.63, 3.8) is 0 Å². The number of benzene rings is 1. The Hall–Kier alpha value is -2.93. The predicted molar refractivity (Wildman–Crippen MR) is 124 cm³/mol. The third kappa shape index (κ3) is 8.67. The van der Waals surface area contributed by atoms with Gasteiger partial charge in [0.2, 0.25) is 0 Å². The molecule has 0 saturated carbocycles. The molecule has 7 nitrogen and oxygen atoms in total. The summed E-state index contributed by atoms with van der Waals surface area (Å²) in [4.78, 5) is 30.6. The van der Waals surface area contributed by atoms with Gasteiger partial charge >= 0.3 is 12.1 Å². The molecule has 1 atom stereocenters. The van der Waals surface area contributed by atoms with Crippen LogP contribution >= 0.6 is 0 Å².